The lowest BCUT2D eigenvalue weighted by atomic mass is 10.1. The highest BCUT2D eigenvalue weighted by Crippen LogP contribution is 2.25. The third kappa shape index (κ3) is 4.20. The highest BCUT2D eigenvalue weighted by Gasteiger charge is 2.25. The van der Waals surface area contributed by atoms with Gasteiger partial charge in [0.25, 0.3) is 5.91 Å². The molecular weight excluding hydrogens is 338 g/mol. The number of nitrogens with one attached hydrogen (secondary N) is 1. The lowest BCUT2D eigenvalue weighted by Gasteiger charge is -2.35. The Hall–Kier alpha value is -1.90. The molecule has 1 amide bonds. The molecule has 134 valence electrons. The summed E-state index contributed by atoms with van der Waals surface area (Å²) in [6.07, 6.45) is 3.34. The predicted octanol–water partition coefficient (Wildman–Crippen LogP) is 1.75. The van der Waals surface area contributed by atoms with Gasteiger partial charge in [-0.05, 0) is 26.8 Å². The number of hydrogen-bond donors (Lipinski definition) is 1. The molecule has 1 N–H and O–H groups in total. The maximum atomic E-state index is 12.7. The molecule has 2 atom stereocenters. The van der Waals surface area contributed by atoms with Crippen LogP contribution >= 0.6 is 11.3 Å². The average molecular weight is 361 g/mol. The Labute approximate surface area is 151 Å². The summed E-state index contributed by atoms with van der Waals surface area (Å²) < 4.78 is 5.39. The molecule has 0 spiro atoms. The molecule has 2 aromatic heterocycles. The van der Waals surface area contributed by atoms with Crippen molar-refractivity contribution in [3.8, 4) is 10.8 Å². The molecule has 1 fully saturated rings. The largest absolute Gasteiger partial charge is 0.379 e. The first-order valence-corrected chi connectivity index (χ1v) is 9.25. The first kappa shape index (κ1) is 17.9. The van der Waals surface area contributed by atoms with Gasteiger partial charge in [0.2, 0.25) is 0 Å². The molecule has 25 heavy (non-hydrogen) atoms. The topological polar surface area (TPSA) is 80.2 Å². The molecule has 0 bridgehead atoms. The van der Waals surface area contributed by atoms with Crippen LogP contribution in [-0.4, -0.2) is 64.1 Å². The Kier molecular flexibility index (Phi) is 5.72. The van der Waals surface area contributed by atoms with Gasteiger partial charge in [-0.1, -0.05) is 0 Å². The van der Waals surface area contributed by atoms with Crippen LogP contribution in [0.2, 0.25) is 0 Å². The molecule has 1 saturated heterocycles. The zero-order valence-corrected chi connectivity index (χ0v) is 15.5. The van der Waals surface area contributed by atoms with E-state index in [1.165, 1.54) is 11.3 Å². The molecule has 0 saturated carbocycles. The number of amides is 1. The summed E-state index contributed by atoms with van der Waals surface area (Å²) in [5.41, 5.74) is 0.705. The first-order chi connectivity index (χ1) is 12.1. The van der Waals surface area contributed by atoms with E-state index >= 15 is 0 Å². The van der Waals surface area contributed by atoms with Crippen LogP contribution < -0.4 is 5.32 Å². The second kappa shape index (κ2) is 7.99. The molecule has 0 aromatic carbocycles. The van der Waals surface area contributed by atoms with Crippen molar-refractivity contribution >= 4 is 17.2 Å². The van der Waals surface area contributed by atoms with Gasteiger partial charge in [0.1, 0.15) is 4.88 Å². The summed E-state index contributed by atoms with van der Waals surface area (Å²) in [4.78, 5) is 28.5. The van der Waals surface area contributed by atoms with Crippen LogP contribution in [0.15, 0.2) is 18.5 Å². The van der Waals surface area contributed by atoms with Crippen LogP contribution in [0.25, 0.3) is 10.8 Å². The minimum Gasteiger partial charge on any atom is -0.379 e. The van der Waals surface area contributed by atoms with E-state index in [4.69, 9.17) is 4.74 Å². The molecule has 2 aromatic rings. The van der Waals surface area contributed by atoms with Crippen LogP contribution in [-0.2, 0) is 4.74 Å². The minimum absolute atomic E-state index is 0.0310. The van der Waals surface area contributed by atoms with Gasteiger partial charge in [-0.3, -0.25) is 9.69 Å². The second-order valence-electron chi connectivity index (χ2n) is 6.16. The lowest BCUT2D eigenvalue weighted by Crippen LogP contribution is -2.52. The van der Waals surface area contributed by atoms with Crippen LogP contribution in [0.1, 0.15) is 29.2 Å². The van der Waals surface area contributed by atoms with E-state index in [0.717, 1.165) is 26.3 Å². The maximum Gasteiger partial charge on any atom is 0.263 e. The molecule has 0 aliphatic carbocycles. The van der Waals surface area contributed by atoms with Crippen LogP contribution in [0.3, 0.4) is 0 Å². The number of carbonyl (C=O) groups excluding carboxylic acids is 1. The monoisotopic (exact) mass is 361 g/mol. The van der Waals surface area contributed by atoms with Crippen molar-refractivity contribution in [2.45, 2.75) is 32.9 Å². The standard InChI is InChI=1S/C17H23N5O2S/c1-11(13(3)22-7-9-24-10-8-22)20-16(23)14-12(2)21-17(25-14)15-18-5-4-6-19-15/h4-6,11,13H,7-10H2,1-3H3,(H,20,23). The third-order valence-corrected chi connectivity index (χ3v) is 5.62. The second-order valence-corrected chi connectivity index (χ2v) is 7.16. The first-order valence-electron chi connectivity index (χ1n) is 8.43. The van der Waals surface area contributed by atoms with Gasteiger partial charge in [0.15, 0.2) is 10.8 Å². The molecule has 0 radical (unpaired) electrons. The van der Waals surface area contributed by atoms with Crippen molar-refractivity contribution in [1.82, 2.24) is 25.2 Å². The summed E-state index contributed by atoms with van der Waals surface area (Å²) in [5, 5.41) is 3.77. The quantitative estimate of drug-likeness (QED) is 0.874. The van der Waals surface area contributed by atoms with Gasteiger partial charge < -0.3 is 10.1 Å². The van der Waals surface area contributed by atoms with Gasteiger partial charge in [-0.25, -0.2) is 15.0 Å². The van der Waals surface area contributed by atoms with Crippen LogP contribution in [0.4, 0.5) is 0 Å². The summed E-state index contributed by atoms with van der Waals surface area (Å²) in [5.74, 6) is 0.453. The number of thiazole rings is 1. The van der Waals surface area contributed by atoms with Gasteiger partial charge in [-0.15, -0.1) is 11.3 Å². The van der Waals surface area contributed by atoms with E-state index in [2.05, 4.69) is 32.1 Å². The number of aromatic nitrogens is 3. The Morgan fingerprint density at radius 2 is 1.96 bits per heavy atom. The minimum atomic E-state index is -0.0928. The van der Waals surface area contributed by atoms with E-state index < -0.39 is 0 Å². The fraction of sp³-hybridized carbons (Fsp3) is 0.529. The molecule has 1 aliphatic heterocycles. The zero-order valence-electron chi connectivity index (χ0n) is 14.7. The fourth-order valence-corrected chi connectivity index (χ4v) is 3.72. The van der Waals surface area contributed by atoms with Gasteiger partial charge >= 0.3 is 0 Å². The molecule has 3 heterocycles. The van der Waals surface area contributed by atoms with Crippen molar-refractivity contribution in [2.75, 3.05) is 26.3 Å². The van der Waals surface area contributed by atoms with Crippen molar-refractivity contribution in [1.29, 1.82) is 0 Å². The molecular formula is C17H23N5O2S. The Morgan fingerprint density at radius 3 is 2.64 bits per heavy atom. The predicted molar refractivity (Wildman–Crippen MR) is 96.7 cm³/mol. The number of nitrogens with zero attached hydrogens (tertiary/aromatic N) is 4. The molecule has 2 unspecified atom stereocenters. The highest BCUT2D eigenvalue weighted by atomic mass is 32.1. The molecule has 7 nitrogen and oxygen atoms in total. The Balaban J connectivity index is 1.67. The summed E-state index contributed by atoms with van der Waals surface area (Å²) in [6, 6.07) is 2.04. The number of carbonyl (C=O) groups is 1. The number of hydrogen-bond acceptors (Lipinski definition) is 7. The molecule has 8 heteroatoms. The number of aryl methyl sites for hydroxylation is 1. The molecule has 1 aliphatic rings. The summed E-state index contributed by atoms with van der Waals surface area (Å²) in [7, 11) is 0. The average Bonchev–Trinajstić information content (AvgIpc) is 3.04. The van der Waals surface area contributed by atoms with Crippen LogP contribution in [0, 0.1) is 6.92 Å². The number of ether oxygens (including phenoxy) is 1. The van der Waals surface area contributed by atoms with Gasteiger partial charge in [0.05, 0.1) is 18.9 Å². The van der Waals surface area contributed by atoms with Crippen molar-refractivity contribution in [3.63, 3.8) is 0 Å². The van der Waals surface area contributed by atoms with E-state index in [9.17, 15) is 4.79 Å². The normalized spacial score (nSPS) is 17.9. The van der Waals surface area contributed by atoms with E-state index in [-0.39, 0.29) is 18.0 Å². The number of rotatable bonds is 5. The highest BCUT2D eigenvalue weighted by molar-refractivity contribution is 7.17. The van der Waals surface area contributed by atoms with E-state index in [1.807, 2.05) is 13.8 Å². The van der Waals surface area contributed by atoms with Crippen molar-refractivity contribution < 1.29 is 9.53 Å². The van der Waals surface area contributed by atoms with Crippen molar-refractivity contribution in [2.24, 2.45) is 0 Å². The van der Waals surface area contributed by atoms with Gasteiger partial charge in [-0.2, -0.15) is 0 Å². The van der Waals surface area contributed by atoms with E-state index in [0.29, 0.717) is 21.4 Å². The third-order valence-electron chi connectivity index (χ3n) is 4.46. The van der Waals surface area contributed by atoms with E-state index in [1.54, 1.807) is 18.5 Å². The smallest absolute Gasteiger partial charge is 0.263 e. The Bertz CT molecular complexity index is 715. The fourth-order valence-electron chi connectivity index (χ4n) is 2.81. The SMILES string of the molecule is Cc1nc(-c2ncccn2)sc1C(=O)NC(C)C(C)N1CCOCC1. The summed E-state index contributed by atoms with van der Waals surface area (Å²) >= 11 is 1.33. The summed E-state index contributed by atoms with van der Waals surface area (Å²) in [6.45, 7) is 9.31. The van der Waals surface area contributed by atoms with Crippen molar-refractivity contribution in [3.05, 3.63) is 29.0 Å². The van der Waals surface area contributed by atoms with Gasteiger partial charge in [0, 0.05) is 37.6 Å². The molecule has 3 rings (SSSR count). The lowest BCUT2D eigenvalue weighted by molar-refractivity contribution is 0.0137. The zero-order chi connectivity index (χ0) is 17.8. The number of morpholine rings is 1. The maximum absolute atomic E-state index is 12.7. The Morgan fingerprint density at radius 1 is 1.28 bits per heavy atom. The van der Waals surface area contributed by atoms with Crippen LogP contribution in [0.5, 0.6) is 0 Å².